The number of nitrogens with one attached hydrogen (secondary N) is 1. The molecule has 1 aliphatic rings. The van der Waals surface area contributed by atoms with Crippen LogP contribution in [0.4, 0.5) is 10.1 Å². The number of rotatable bonds is 8. The molecule has 0 atom stereocenters. The lowest BCUT2D eigenvalue weighted by Crippen LogP contribution is -2.30. The first-order valence-electron chi connectivity index (χ1n) is 13.4. The Morgan fingerprint density at radius 1 is 1.08 bits per heavy atom. The van der Waals surface area contributed by atoms with Gasteiger partial charge in [-0.1, -0.05) is 50.3 Å². The van der Waals surface area contributed by atoms with E-state index in [1.54, 1.807) is 25.4 Å². The van der Waals surface area contributed by atoms with Crippen LogP contribution in [0.5, 0.6) is 23.0 Å². The second-order valence-corrected chi connectivity index (χ2v) is 8.86. The number of nitrogens with zero attached hydrogens (tertiary/aromatic N) is 1. The van der Waals surface area contributed by atoms with Crippen LogP contribution in [0.15, 0.2) is 79.1 Å². The molecular formula is C32H42FN3O3. The smallest absolute Gasteiger partial charge is 0.167 e. The molecule has 3 N–H and O–H groups in total. The summed E-state index contributed by atoms with van der Waals surface area (Å²) in [5, 5.41) is 4.06. The Labute approximate surface area is 232 Å². The summed E-state index contributed by atoms with van der Waals surface area (Å²) in [6, 6.07) is 9.66. The number of allylic oxidation sites excluding steroid dienone is 5. The quantitative estimate of drug-likeness (QED) is 0.226. The molecule has 1 fully saturated rings. The van der Waals surface area contributed by atoms with Crippen molar-refractivity contribution in [1.82, 2.24) is 10.3 Å². The average Bonchev–Trinajstić information content (AvgIpc) is 2.95. The van der Waals surface area contributed by atoms with Gasteiger partial charge in [0.1, 0.15) is 5.75 Å². The maximum atomic E-state index is 14.2. The fraction of sp³-hybridized carbons (Fsp3) is 0.344. The van der Waals surface area contributed by atoms with E-state index >= 15 is 0 Å². The molecule has 0 amide bonds. The van der Waals surface area contributed by atoms with Crippen molar-refractivity contribution in [1.29, 1.82) is 0 Å². The number of nitrogen functional groups attached to an aromatic ring is 1. The summed E-state index contributed by atoms with van der Waals surface area (Å²) >= 11 is 0. The predicted octanol–water partition coefficient (Wildman–Crippen LogP) is 7.86. The Balaban J connectivity index is 0.000000460. The second kappa shape index (κ2) is 16.9. The summed E-state index contributed by atoms with van der Waals surface area (Å²) in [5.41, 5.74) is 7.71. The van der Waals surface area contributed by atoms with Gasteiger partial charge >= 0.3 is 0 Å². The molecule has 1 saturated heterocycles. The number of methoxy groups -OCH3 is 1. The largest absolute Gasteiger partial charge is 0.493 e. The third-order valence-corrected chi connectivity index (χ3v) is 5.78. The van der Waals surface area contributed by atoms with Crippen molar-refractivity contribution < 1.29 is 18.6 Å². The van der Waals surface area contributed by atoms with Gasteiger partial charge in [-0.15, -0.1) is 0 Å². The molecule has 1 aliphatic heterocycles. The Morgan fingerprint density at radius 3 is 2.46 bits per heavy atom. The number of piperidine rings is 1. The number of benzene rings is 2. The van der Waals surface area contributed by atoms with Gasteiger partial charge in [-0.25, -0.2) is 4.39 Å². The molecule has 1 aromatic heterocycles. The fourth-order valence-corrected chi connectivity index (χ4v) is 3.80. The topological polar surface area (TPSA) is 78.6 Å². The molecule has 210 valence electrons. The van der Waals surface area contributed by atoms with E-state index < -0.39 is 5.82 Å². The van der Waals surface area contributed by atoms with Crippen LogP contribution >= 0.6 is 0 Å². The predicted molar refractivity (Wildman–Crippen MR) is 160 cm³/mol. The number of hydrogen-bond donors (Lipinski definition) is 2. The van der Waals surface area contributed by atoms with Gasteiger partial charge in [0.05, 0.1) is 19.2 Å². The standard InChI is InChI=1S/C22H24FN3O3.C8H12.C2H6/c1-27-21-11-16-18(12-22(21)28-13-14-4-7-25-8-5-14)26-9-6-19(16)29-20-3-2-15(24)10-17(20)23;1-4-5-6-7-8(2)3;1-2/h2-3,6,9-12,14,25H,4-5,7-8,13,24H2,1H3;4-7H,2H2,1,3H3;1-2H3/b;5-4-,7-6-;. The van der Waals surface area contributed by atoms with E-state index in [2.05, 4.69) is 16.9 Å². The minimum Gasteiger partial charge on any atom is -0.493 e. The van der Waals surface area contributed by atoms with Crippen molar-refractivity contribution in [2.45, 2.75) is 40.5 Å². The van der Waals surface area contributed by atoms with Crippen molar-refractivity contribution in [2.75, 3.05) is 32.5 Å². The Hall–Kier alpha value is -3.84. The van der Waals surface area contributed by atoms with E-state index in [4.69, 9.17) is 19.9 Å². The lowest BCUT2D eigenvalue weighted by Gasteiger charge is -2.23. The molecule has 4 rings (SSSR count). The number of fused-ring (bicyclic) bond motifs is 1. The highest BCUT2D eigenvalue weighted by Crippen LogP contribution is 2.38. The minimum atomic E-state index is -0.524. The molecule has 39 heavy (non-hydrogen) atoms. The number of halogens is 1. The molecule has 0 unspecified atom stereocenters. The molecule has 0 spiro atoms. The Kier molecular flexibility index (Phi) is 13.6. The molecule has 0 saturated carbocycles. The van der Waals surface area contributed by atoms with Crippen LogP contribution in [0.25, 0.3) is 10.9 Å². The van der Waals surface area contributed by atoms with E-state index in [0.717, 1.165) is 31.5 Å². The van der Waals surface area contributed by atoms with Crippen LogP contribution in [0.2, 0.25) is 0 Å². The minimum absolute atomic E-state index is 0.0944. The maximum Gasteiger partial charge on any atom is 0.167 e. The van der Waals surface area contributed by atoms with Gasteiger partial charge < -0.3 is 25.3 Å². The zero-order valence-corrected chi connectivity index (χ0v) is 23.8. The molecule has 7 heteroatoms. The van der Waals surface area contributed by atoms with Gasteiger partial charge in [-0.3, -0.25) is 4.98 Å². The summed E-state index contributed by atoms with van der Waals surface area (Å²) in [6.07, 6.45) is 11.7. The van der Waals surface area contributed by atoms with E-state index in [1.807, 2.05) is 64.1 Å². The maximum absolute atomic E-state index is 14.2. The number of aromatic nitrogens is 1. The van der Waals surface area contributed by atoms with Gasteiger partial charge in [0.15, 0.2) is 23.1 Å². The molecule has 0 aliphatic carbocycles. The fourth-order valence-electron chi connectivity index (χ4n) is 3.80. The van der Waals surface area contributed by atoms with Crippen LogP contribution in [-0.4, -0.2) is 31.8 Å². The number of pyridine rings is 1. The first kappa shape index (κ1) is 31.4. The van der Waals surface area contributed by atoms with Crippen molar-refractivity contribution in [2.24, 2.45) is 5.92 Å². The van der Waals surface area contributed by atoms with E-state index in [9.17, 15) is 4.39 Å². The van der Waals surface area contributed by atoms with Crippen LogP contribution < -0.4 is 25.3 Å². The summed E-state index contributed by atoms with van der Waals surface area (Å²) in [5.74, 6) is 1.79. The number of anilines is 1. The molecular weight excluding hydrogens is 493 g/mol. The normalized spacial score (nSPS) is 13.4. The molecule has 2 aromatic carbocycles. The monoisotopic (exact) mass is 535 g/mol. The zero-order chi connectivity index (χ0) is 28.6. The van der Waals surface area contributed by atoms with Crippen molar-refractivity contribution in [3.63, 3.8) is 0 Å². The van der Waals surface area contributed by atoms with E-state index in [-0.39, 0.29) is 5.75 Å². The highest BCUT2D eigenvalue weighted by molar-refractivity contribution is 5.88. The molecule has 6 nitrogen and oxygen atoms in total. The highest BCUT2D eigenvalue weighted by Gasteiger charge is 2.17. The lowest BCUT2D eigenvalue weighted by atomic mass is 9.99. The van der Waals surface area contributed by atoms with Crippen LogP contribution in [0.3, 0.4) is 0 Å². The SMILES string of the molecule is C=C(C)/C=C\C=C/C.CC.COc1cc2c(Oc3ccc(N)cc3F)ccnc2cc1OCC1CCNCC1. The number of nitrogens with two attached hydrogens (primary N) is 1. The molecule has 0 radical (unpaired) electrons. The van der Waals surface area contributed by atoms with Crippen molar-refractivity contribution in [3.05, 3.63) is 84.9 Å². The van der Waals surface area contributed by atoms with Crippen LogP contribution in [0, 0.1) is 11.7 Å². The van der Waals surface area contributed by atoms with Crippen molar-refractivity contribution >= 4 is 16.6 Å². The summed E-state index contributed by atoms with van der Waals surface area (Å²) in [6.45, 7) is 14.3. The van der Waals surface area contributed by atoms with Gasteiger partial charge in [-0.2, -0.15) is 0 Å². The number of hydrogen-bond acceptors (Lipinski definition) is 6. The third-order valence-electron chi connectivity index (χ3n) is 5.78. The number of ether oxygens (including phenoxy) is 3. The average molecular weight is 536 g/mol. The summed E-state index contributed by atoms with van der Waals surface area (Å²) in [7, 11) is 1.59. The Bertz CT molecular complexity index is 1250. The lowest BCUT2D eigenvalue weighted by molar-refractivity contribution is 0.208. The molecule has 0 bridgehead atoms. The van der Waals surface area contributed by atoms with E-state index in [0.29, 0.717) is 46.4 Å². The summed E-state index contributed by atoms with van der Waals surface area (Å²) in [4.78, 5) is 4.41. The zero-order valence-electron chi connectivity index (χ0n) is 23.8. The van der Waals surface area contributed by atoms with Gasteiger partial charge in [0.25, 0.3) is 0 Å². The van der Waals surface area contributed by atoms with E-state index in [1.165, 1.54) is 12.1 Å². The highest BCUT2D eigenvalue weighted by atomic mass is 19.1. The van der Waals surface area contributed by atoms with Crippen LogP contribution in [-0.2, 0) is 0 Å². The van der Waals surface area contributed by atoms with Crippen molar-refractivity contribution in [3.8, 4) is 23.0 Å². The summed E-state index contributed by atoms with van der Waals surface area (Å²) < 4.78 is 31.5. The van der Waals surface area contributed by atoms with Gasteiger partial charge in [0, 0.05) is 29.4 Å². The van der Waals surface area contributed by atoms with Crippen LogP contribution in [0.1, 0.15) is 40.5 Å². The third kappa shape index (κ3) is 10.1. The Morgan fingerprint density at radius 2 is 1.82 bits per heavy atom. The molecule has 2 heterocycles. The van der Waals surface area contributed by atoms with Gasteiger partial charge in [-0.05, 0) is 70.0 Å². The first-order valence-corrected chi connectivity index (χ1v) is 13.4. The first-order chi connectivity index (χ1) is 18.9. The second-order valence-electron chi connectivity index (χ2n) is 8.86. The molecule has 3 aromatic rings. The van der Waals surface area contributed by atoms with Gasteiger partial charge in [0.2, 0.25) is 0 Å².